The van der Waals surface area contributed by atoms with Crippen molar-refractivity contribution >= 4 is 43.6 Å². The highest BCUT2D eigenvalue weighted by atomic mass is 32.1. The topological polar surface area (TPSA) is 34.1 Å². The Labute approximate surface area is 194 Å². The highest BCUT2D eigenvalue weighted by Crippen LogP contribution is 2.50. The Balaban J connectivity index is 1.57. The number of Topliss-reactive ketones (excluding diaryl/α,β-unsaturated/α-hetero) is 2. The number of carbonyl (C=O) groups excluding carboxylic acids is 2. The Morgan fingerprint density at radius 3 is 2.00 bits per heavy atom. The fourth-order valence-corrected chi connectivity index (χ4v) is 9.32. The lowest BCUT2D eigenvalue weighted by Crippen LogP contribution is -2.16. The third kappa shape index (κ3) is 4.19. The summed E-state index contributed by atoms with van der Waals surface area (Å²) in [5.74, 6) is 1.69. The van der Waals surface area contributed by atoms with Gasteiger partial charge in [-0.15, -0.1) is 22.7 Å². The summed E-state index contributed by atoms with van der Waals surface area (Å²) in [6, 6.07) is 0. The molecule has 0 amide bonds. The van der Waals surface area contributed by atoms with Crippen molar-refractivity contribution in [2.45, 2.75) is 109 Å². The van der Waals surface area contributed by atoms with Crippen LogP contribution < -0.4 is 0 Å². The van der Waals surface area contributed by atoms with Crippen LogP contribution in [-0.4, -0.2) is 11.6 Å². The molecule has 0 N–H and O–H groups in total. The summed E-state index contributed by atoms with van der Waals surface area (Å²) < 4.78 is 2.32. The normalized spacial score (nSPS) is 26.3. The van der Waals surface area contributed by atoms with E-state index in [0.717, 1.165) is 57.5 Å². The minimum atomic E-state index is 0.184. The number of carbonyl (C=O) groups is 2. The Morgan fingerprint density at radius 2 is 1.29 bits per heavy atom. The molecule has 2 heterocycles. The number of hydrogen-bond donors (Lipinski definition) is 0. The molecule has 168 valence electrons. The van der Waals surface area contributed by atoms with Gasteiger partial charge in [-0.3, -0.25) is 9.59 Å². The summed E-state index contributed by atoms with van der Waals surface area (Å²) >= 11 is 3.57. The van der Waals surface area contributed by atoms with Crippen LogP contribution in [0.25, 0.3) is 9.40 Å². The zero-order valence-corrected chi connectivity index (χ0v) is 20.6. The molecule has 4 heteroatoms. The van der Waals surface area contributed by atoms with Crippen LogP contribution in [0.5, 0.6) is 0 Å². The first-order valence-corrected chi connectivity index (χ1v) is 14.4. The second-order valence-corrected chi connectivity index (χ2v) is 12.5. The van der Waals surface area contributed by atoms with E-state index in [0.29, 0.717) is 17.5 Å². The maximum atomic E-state index is 13.7. The molecule has 3 aliphatic rings. The van der Waals surface area contributed by atoms with Gasteiger partial charge in [-0.25, -0.2) is 0 Å². The van der Waals surface area contributed by atoms with E-state index in [2.05, 4.69) is 6.92 Å². The average Bonchev–Trinajstić information content (AvgIpc) is 3.20. The lowest BCUT2D eigenvalue weighted by Gasteiger charge is -2.19. The standard InChI is InChI=1S/C27H36O2S2/c1-17-21(23(28)18-11-7-3-2-4-8-12-18)26-27(30-17)22-24(29)19-13-9-5-6-10-14-20(16-15-19)25(22)31-26/h18-20H,2-16H2,1H3. The summed E-state index contributed by atoms with van der Waals surface area (Å²) in [7, 11) is 0. The molecule has 2 nitrogen and oxygen atoms in total. The Kier molecular flexibility index (Phi) is 6.67. The second-order valence-electron chi connectivity index (χ2n) is 10.3. The van der Waals surface area contributed by atoms with Gasteiger partial charge in [0.05, 0.1) is 9.40 Å². The first kappa shape index (κ1) is 21.8. The van der Waals surface area contributed by atoms with Gasteiger partial charge in [-0.1, -0.05) is 57.8 Å². The van der Waals surface area contributed by atoms with Crippen molar-refractivity contribution in [3.63, 3.8) is 0 Å². The van der Waals surface area contributed by atoms with Gasteiger partial charge in [0.2, 0.25) is 0 Å². The van der Waals surface area contributed by atoms with Gasteiger partial charge >= 0.3 is 0 Å². The number of aryl methyl sites for hydroxylation is 1. The molecule has 2 unspecified atom stereocenters. The van der Waals surface area contributed by atoms with E-state index in [1.807, 2.05) is 11.3 Å². The van der Waals surface area contributed by atoms with E-state index in [9.17, 15) is 9.59 Å². The molecule has 2 atom stereocenters. The fourth-order valence-electron chi connectivity index (χ4n) is 6.34. The zero-order chi connectivity index (χ0) is 21.4. The van der Waals surface area contributed by atoms with Crippen molar-refractivity contribution in [1.82, 2.24) is 0 Å². The van der Waals surface area contributed by atoms with E-state index in [-0.39, 0.29) is 11.8 Å². The van der Waals surface area contributed by atoms with E-state index in [1.54, 1.807) is 11.3 Å². The van der Waals surface area contributed by atoms with Crippen molar-refractivity contribution < 1.29 is 9.59 Å². The van der Waals surface area contributed by atoms with Crippen LogP contribution in [0, 0.1) is 18.8 Å². The van der Waals surface area contributed by atoms with Crippen LogP contribution in [0.1, 0.15) is 133 Å². The quantitative estimate of drug-likeness (QED) is 0.423. The van der Waals surface area contributed by atoms with Gasteiger partial charge in [0.25, 0.3) is 0 Å². The van der Waals surface area contributed by atoms with E-state index in [4.69, 9.17) is 0 Å². The Hall–Kier alpha value is -1.00. The minimum absolute atomic E-state index is 0.184. The molecule has 0 spiro atoms. The molecule has 0 aromatic carbocycles. The molecular formula is C27H36O2S2. The number of fused-ring (bicyclic) bond motifs is 7. The maximum absolute atomic E-state index is 13.7. The SMILES string of the molecule is Cc1sc2c3c(sc2c1C(=O)C1CCCCCCC1)C1CCCCCCC(CC1)C3=O. The van der Waals surface area contributed by atoms with Crippen LogP contribution in [0.3, 0.4) is 0 Å². The zero-order valence-electron chi connectivity index (χ0n) is 19.0. The molecule has 0 radical (unpaired) electrons. The maximum Gasteiger partial charge on any atom is 0.168 e. The lowest BCUT2D eigenvalue weighted by atomic mass is 9.85. The van der Waals surface area contributed by atoms with Crippen LogP contribution in [0.4, 0.5) is 0 Å². The summed E-state index contributed by atoms with van der Waals surface area (Å²) in [4.78, 5) is 29.9. The largest absolute Gasteiger partial charge is 0.294 e. The van der Waals surface area contributed by atoms with Crippen LogP contribution in [-0.2, 0) is 0 Å². The van der Waals surface area contributed by atoms with E-state index in [1.165, 1.54) is 69.1 Å². The highest BCUT2D eigenvalue weighted by molar-refractivity contribution is 7.29. The number of rotatable bonds is 2. The lowest BCUT2D eigenvalue weighted by molar-refractivity contribution is 0.0895. The molecule has 0 aliphatic heterocycles. The second kappa shape index (κ2) is 9.47. The summed E-state index contributed by atoms with van der Waals surface area (Å²) in [6.45, 7) is 2.12. The van der Waals surface area contributed by atoms with Crippen LogP contribution in [0.2, 0.25) is 0 Å². The molecule has 31 heavy (non-hydrogen) atoms. The van der Waals surface area contributed by atoms with Crippen molar-refractivity contribution in [2.75, 3.05) is 0 Å². The third-order valence-corrected chi connectivity index (χ3v) is 10.8. The number of hydrogen-bond acceptors (Lipinski definition) is 4. The van der Waals surface area contributed by atoms with Crippen LogP contribution >= 0.6 is 22.7 Å². The smallest absolute Gasteiger partial charge is 0.168 e. The Morgan fingerprint density at radius 1 is 0.710 bits per heavy atom. The van der Waals surface area contributed by atoms with E-state index >= 15 is 0 Å². The van der Waals surface area contributed by atoms with Crippen LogP contribution in [0.15, 0.2) is 0 Å². The Bertz CT molecular complexity index is 958. The summed E-state index contributed by atoms with van der Waals surface area (Å²) in [5, 5.41) is 0. The van der Waals surface area contributed by atoms with Gasteiger partial charge in [-0.05, 0) is 51.4 Å². The van der Waals surface area contributed by atoms with Crippen molar-refractivity contribution in [1.29, 1.82) is 0 Å². The minimum Gasteiger partial charge on any atom is -0.294 e. The predicted molar refractivity (Wildman–Crippen MR) is 132 cm³/mol. The molecule has 2 bridgehead atoms. The van der Waals surface area contributed by atoms with Gasteiger partial charge in [0.1, 0.15) is 0 Å². The third-order valence-electron chi connectivity index (χ3n) is 8.16. The molecule has 2 fully saturated rings. The van der Waals surface area contributed by atoms with Gasteiger partial charge in [-0.2, -0.15) is 0 Å². The fraction of sp³-hybridized carbons (Fsp3) is 0.704. The summed E-state index contributed by atoms with van der Waals surface area (Å²) in [6.07, 6.45) is 17.9. The van der Waals surface area contributed by atoms with Gasteiger partial charge in [0.15, 0.2) is 11.6 Å². The highest BCUT2D eigenvalue weighted by Gasteiger charge is 2.36. The van der Waals surface area contributed by atoms with Gasteiger partial charge < -0.3 is 0 Å². The average molecular weight is 457 g/mol. The number of ketones is 2. The van der Waals surface area contributed by atoms with E-state index < -0.39 is 0 Å². The van der Waals surface area contributed by atoms with Crippen molar-refractivity contribution in [2.24, 2.45) is 11.8 Å². The first-order chi connectivity index (χ1) is 15.1. The summed E-state index contributed by atoms with van der Waals surface area (Å²) in [5.41, 5.74) is 2.03. The molecule has 2 aromatic rings. The monoisotopic (exact) mass is 456 g/mol. The predicted octanol–water partition coefficient (Wildman–Crippen LogP) is 8.84. The molecule has 0 saturated heterocycles. The molecular weight excluding hydrogens is 420 g/mol. The molecule has 5 rings (SSSR count). The van der Waals surface area contributed by atoms with Gasteiger partial charge in [0, 0.05) is 32.7 Å². The number of thiophene rings is 2. The van der Waals surface area contributed by atoms with Crippen molar-refractivity contribution in [3.8, 4) is 0 Å². The molecule has 2 aromatic heterocycles. The molecule has 2 saturated carbocycles. The van der Waals surface area contributed by atoms with Crippen molar-refractivity contribution in [3.05, 3.63) is 20.9 Å². The first-order valence-electron chi connectivity index (χ1n) is 12.8. The molecule has 3 aliphatic carbocycles.